The van der Waals surface area contributed by atoms with Crippen LogP contribution in [0.5, 0.6) is 5.75 Å². The summed E-state index contributed by atoms with van der Waals surface area (Å²) in [5.74, 6) is -0.254. The number of benzene rings is 3. The van der Waals surface area contributed by atoms with Gasteiger partial charge in [0.2, 0.25) is 0 Å². The Morgan fingerprint density at radius 1 is 1.00 bits per heavy atom. The lowest BCUT2D eigenvalue weighted by molar-refractivity contribution is 0.0697. The van der Waals surface area contributed by atoms with Gasteiger partial charge >= 0.3 is 5.97 Å². The van der Waals surface area contributed by atoms with Crippen LogP contribution in [0, 0.1) is 0 Å². The maximum atomic E-state index is 11.7. The first-order chi connectivity index (χ1) is 12.7. The van der Waals surface area contributed by atoms with E-state index in [-0.39, 0.29) is 5.56 Å². The Bertz CT molecular complexity index is 1100. The van der Waals surface area contributed by atoms with Crippen LogP contribution in [0.2, 0.25) is 0 Å². The lowest BCUT2D eigenvalue weighted by atomic mass is 10.0. The average Bonchev–Trinajstić information content (AvgIpc) is 3.13. The third kappa shape index (κ3) is 2.80. The summed E-state index contributed by atoms with van der Waals surface area (Å²) in [6, 6.07) is 21.0. The number of hydrogen-bond acceptors (Lipinski definition) is 3. The van der Waals surface area contributed by atoms with Crippen LogP contribution in [0.1, 0.15) is 10.4 Å². The number of methoxy groups -OCH3 is 1. The van der Waals surface area contributed by atoms with E-state index in [4.69, 9.17) is 4.74 Å². The lowest BCUT2D eigenvalue weighted by Crippen LogP contribution is -1.96. The Balaban J connectivity index is 1.87. The minimum Gasteiger partial charge on any atom is -0.497 e. The zero-order valence-electron chi connectivity index (χ0n) is 14.1. The first-order valence-corrected chi connectivity index (χ1v) is 8.12. The number of ether oxygens (including phenoxy) is 1. The van der Waals surface area contributed by atoms with Gasteiger partial charge in [-0.25, -0.2) is 9.48 Å². The molecule has 0 radical (unpaired) electrons. The summed E-state index contributed by atoms with van der Waals surface area (Å²) in [4.78, 5) is 11.7. The molecule has 0 fully saturated rings. The number of aromatic carboxylic acids is 1. The Hall–Kier alpha value is -3.60. The van der Waals surface area contributed by atoms with Gasteiger partial charge in [-0.05, 0) is 41.1 Å². The van der Waals surface area contributed by atoms with Gasteiger partial charge in [-0.3, -0.25) is 0 Å². The third-order valence-electron chi connectivity index (χ3n) is 4.29. The predicted octanol–water partition coefficient (Wildman–Crippen LogP) is 4.40. The normalized spacial score (nSPS) is 10.8. The highest BCUT2D eigenvalue weighted by atomic mass is 16.5. The molecule has 4 aromatic rings. The second kappa shape index (κ2) is 6.37. The average molecular weight is 344 g/mol. The van der Waals surface area contributed by atoms with Gasteiger partial charge in [0, 0.05) is 11.8 Å². The number of fused-ring (bicyclic) bond motifs is 1. The van der Waals surface area contributed by atoms with Gasteiger partial charge in [0.1, 0.15) is 17.0 Å². The van der Waals surface area contributed by atoms with Crippen molar-refractivity contribution in [3.63, 3.8) is 0 Å². The molecular weight excluding hydrogens is 328 g/mol. The number of carbonyl (C=O) groups is 1. The fourth-order valence-electron chi connectivity index (χ4n) is 2.96. The number of hydrogen-bond donors (Lipinski definition) is 1. The summed E-state index contributed by atoms with van der Waals surface area (Å²) in [5.41, 5.74) is 2.16. The van der Waals surface area contributed by atoms with E-state index in [1.54, 1.807) is 18.0 Å². The Morgan fingerprint density at radius 2 is 1.77 bits per heavy atom. The molecule has 1 N–H and O–H groups in total. The van der Waals surface area contributed by atoms with Crippen molar-refractivity contribution in [2.24, 2.45) is 0 Å². The van der Waals surface area contributed by atoms with Crippen molar-refractivity contribution in [2.75, 3.05) is 7.11 Å². The molecule has 0 aliphatic carbocycles. The van der Waals surface area contributed by atoms with Crippen molar-refractivity contribution < 1.29 is 14.6 Å². The smallest absolute Gasteiger partial charge is 0.339 e. The number of carboxylic acids is 1. The third-order valence-corrected chi connectivity index (χ3v) is 4.29. The molecule has 1 heterocycles. The van der Waals surface area contributed by atoms with Crippen molar-refractivity contribution in [3.05, 3.63) is 78.5 Å². The Labute approximate surface area is 150 Å². The van der Waals surface area contributed by atoms with Crippen LogP contribution < -0.4 is 4.74 Å². The summed E-state index contributed by atoms with van der Waals surface area (Å²) in [6.07, 6.45) is 1.54. The summed E-state index contributed by atoms with van der Waals surface area (Å²) in [7, 11) is 1.62. The van der Waals surface area contributed by atoms with E-state index in [9.17, 15) is 9.90 Å². The van der Waals surface area contributed by atoms with Gasteiger partial charge < -0.3 is 9.84 Å². The molecule has 0 unspecified atom stereocenters. The SMILES string of the molecule is COc1ccc2ccc(-c3nn(-c4ccccc4)cc3C(=O)O)cc2c1. The lowest BCUT2D eigenvalue weighted by Gasteiger charge is -2.05. The van der Waals surface area contributed by atoms with Crippen molar-refractivity contribution in [1.29, 1.82) is 0 Å². The van der Waals surface area contributed by atoms with Crippen molar-refractivity contribution in [2.45, 2.75) is 0 Å². The maximum absolute atomic E-state index is 11.7. The highest BCUT2D eigenvalue weighted by Crippen LogP contribution is 2.29. The summed E-state index contributed by atoms with van der Waals surface area (Å²) >= 11 is 0. The number of para-hydroxylation sites is 1. The summed E-state index contributed by atoms with van der Waals surface area (Å²) in [5, 5.41) is 16.2. The standard InChI is InChI=1S/C21H16N2O3/c1-26-18-10-9-14-7-8-15(11-16(14)12-18)20-19(21(24)25)13-23(22-20)17-5-3-2-4-6-17/h2-13H,1H3,(H,24,25). The molecule has 5 heteroatoms. The van der Waals surface area contributed by atoms with Crippen LogP contribution in [-0.2, 0) is 0 Å². The molecule has 26 heavy (non-hydrogen) atoms. The zero-order chi connectivity index (χ0) is 18.1. The molecule has 1 aromatic heterocycles. The van der Waals surface area contributed by atoms with Crippen LogP contribution in [0.25, 0.3) is 27.7 Å². The Morgan fingerprint density at radius 3 is 2.50 bits per heavy atom. The largest absolute Gasteiger partial charge is 0.497 e. The first-order valence-electron chi connectivity index (χ1n) is 8.12. The van der Waals surface area contributed by atoms with Crippen LogP contribution in [0.3, 0.4) is 0 Å². The van der Waals surface area contributed by atoms with Gasteiger partial charge in [-0.2, -0.15) is 5.10 Å². The Kier molecular flexibility index (Phi) is 3.89. The minimum absolute atomic E-state index is 0.163. The summed E-state index contributed by atoms with van der Waals surface area (Å²) < 4.78 is 6.87. The predicted molar refractivity (Wildman–Crippen MR) is 100 cm³/mol. The monoisotopic (exact) mass is 344 g/mol. The highest BCUT2D eigenvalue weighted by molar-refractivity contribution is 5.96. The van der Waals surface area contributed by atoms with E-state index in [1.807, 2.05) is 66.7 Å². The van der Waals surface area contributed by atoms with Gasteiger partial charge in [0.15, 0.2) is 0 Å². The van der Waals surface area contributed by atoms with Crippen LogP contribution in [0.4, 0.5) is 0 Å². The van der Waals surface area contributed by atoms with E-state index in [2.05, 4.69) is 5.10 Å². The number of nitrogens with zero attached hydrogens (tertiary/aromatic N) is 2. The van der Waals surface area contributed by atoms with E-state index < -0.39 is 5.97 Å². The van der Waals surface area contributed by atoms with Crippen molar-refractivity contribution >= 4 is 16.7 Å². The van der Waals surface area contributed by atoms with Gasteiger partial charge in [-0.1, -0.05) is 36.4 Å². The van der Waals surface area contributed by atoms with Gasteiger partial charge in [-0.15, -0.1) is 0 Å². The second-order valence-corrected chi connectivity index (χ2v) is 5.90. The van der Waals surface area contributed by atoms with Crippen LogP contribution in [-0.4, -0.2) is 28.0 Å². The molecular formula is C21H16N2O3. The minimum atomic E-state index is -1.01. The summed E-state index contributed by atoms with van der Waals surface area (Å²) in [6.45, 7) is 0. The van der Waals surface area contributed by atoms with Crippen LogP contribution in [0.15, 0.2) is 72.9 Å². The zero-order valence-corrected chi connectivity index (χ0v) is 14.1. The number of rotatable bonds is 4. The van der Waals surface area contributed by atoms with E-state index in [1.165, 1.54) is 0 Å². The molecule has 0 aliphatic rings. The van der Waals surface area contributed by atoms with E-state index in [0.29, 0.717) is 5.69 Å². The van der Waals surface area contributed by atoms with Crippen molar-refractivity contribution in [3.8, 4) is 22.7 Å². The molecule has 3 aromatic carbocycles. The number of carboxylic acid groups (broad SMARTS) is 1. The molecule has 0 atom stereocenters. The fourth-order valence-corrected chi connectivity index (χ4v) is 2.96. The molecule has 0 saturated carbocycles. The first kappa shape index (κ1) is 15.9. The van der Waals surface area contributed by atoms with Crippen molar-refractivity contribution in [1.82, 2.24) is 9.78 Å². The van der Waals surface area contributed by atoms with E-state index in [0.717, 1.165) is 27.8 Å². The quantitative estimate of drug-likeness (QED) is 0.596. The molecule has 5 nitrogen and oxygen atoms in total. The fraction of sp³-hybridized carbons (Fsp3) is 0.0476. The van der Waals surface area contributed by atoms with Gasteiger partial charge in [0.25, 0.3) is 0 Å². The molecule has 128 valence electrons. The molecule has 0 saturated heterocycles. The molecule has 0 bridgehead atoms. The molecule has 4 rings (SSSR count). The maximum Gasteiger partial charge on any atom is 0.339 e. The van der Waals surface area contributed by atoms with Gasteiger partial charge in [0.05, 0.1) is 12.8 Å². The van der Waals surface area contributed by atoms with Crippen LogP contribution >= 0.6 is 0 Å². The van der Waals surface area contributed by atoms with E-state index >= 15 is 0 Å². The second-order valence-electron chi connectivity index (χ2n) is 5.90. The number of aromatic nitrogens is 2. The highest BCUT2D eigenvalue weighted by Gasteiger charge is 2.18. The molecule has 0 amide bonds. The molecule has 0 aliphatic heterocycles. The topological polar surface area (TPSA) is 64.4 Å². The molecule has 0 spiro atoms.